The minimum absolute atomic E-state index is 0.00103. The highest BCUT2D eigenvalue weighted by atomic mass is 35.5. The van der Waals surface area contributed by atoms with E-state index in [2.05, 4.69) is 9.97 Å². The third-order valence-corrected chi connectivity index (χ3v) is 3.49. The van der Waals surface area contributed by atoms with Crippen LogP contribution >= 0.6 is 23.8 Å². The number of rotatable bonds is 6. The number of nitriles is 1. The van der Waals surface area contributed by atoms with E-state index in [1.165, 1.54) is 7.11 Å². The van der Waals surface area contributed by atoms with Gasteiger partial charge in [0.2, 0.25) is 0 Å². The number of methoxy groups -OCH3 is 1. The van der Waals surface area contributed by atoms with Gasteiger partial charge in [-0.2, -0.15) is 5.26 Å². The summed E-state index contributed by atoms with van der Waals surface area (Å²) < 4.78 is 10.6. The van der Waals surface area contributed by atoms with Crippen molar-refractivity contribution >= 4 is 41.9 Å². The molecule has 0 saturated carbocycles. The van der Waals surface area contributed by atoms with Gasteiger partial charge in [0.25, 0.3) is 0 Å². The van der Waals surface area contributed by atoms with Gasteiger partial charge in [0.15, 0.2) is 28.0 Å². The number of hydrogen-bond donors (Lipinski definition) is 2. The van der Waals surface area contributed by atoms with Crippen molar-refractivity contribution in [3.63, 3.8) is 0 Å². The first-order valence-electron chi connectivity index (χ1n) is 6.86. The first kappa shape index (κ1) is 18.4. The molecule has 0 fully saturated rings. The topological polar surface area (TPSA) is 108 Å². The van der Waals surface area contributed by atoms with Crippen LogP contribution in [0.15, 0.2) is 18.2 Å². The van der Waals surface area contributed by atoms with Crippen molar-refractivity contribution in [2.24, 2.45) is 0 Å². The second-order valence-corrected chi connectivity index (χ2v) is 5.37. The van der Waals surface area contributed by atoms with Crippen LogP contribution in [-0.4, -0.2) is 34.8 Å². The molecule has 7 nitrogen and oxygen atoms in total. The number of aromatic nitrogens is 2. The Morgan fingerprint density at radius 2 is 2.28 bits per heavy atom. The number of aliphatic carboxylic acids is 1. The zero-order chi connectivity index (χ0) is 18.4. The van der Waals surface area contributed by atoms with Gasteiger partial charge < -0.3 is 19.6 Å². The van der Waals surface area contributed by atoms with Crippen LogP contribution in [-0.2, 0) is 4.79 Å². The van der Waals surface area contributed by atoms with E-state index in [-0.39, 0.29) is 21.2 Å². The molecule has 1 heterocycles. The Bertz CT molecular complexity index is 934. The summed E-state index contributed by atoms with van der Waals surface area (Å²) in [6.45, 7) is -0.520. The number of para-hydroxylation sites is 1. The molecule has 0 spiro atoms. The van der Waals surface area contributed by atoms with Crippen LogP contribution in [0.3, 0.4) is 0 Å². The van der Waals surface area contributed by atoms with Crippen LogP contribution in [0.5, 0.6) is 11.5 Å². The Hall–Kier alpha value is -2.89. The SMILES string of the molecule is COc1cccc(/C=C/c2[nH]c(=S)nc(Cl)c2C#N)c1OCC(=O)O. The van der Waals surface area contributed by atoms with E-state index in [0.29, 0.717) is 17.0 Å². The zero-order valence-corrected chi connectivity index (χ0v) is 14.5. The highest BCUT2D eigenvalue weighted by Crippen LogP contribution is 2.32. The second-order valence-electron chi connectivity index (χ2n) is 4.63. The Morgan fingerprint density at radius 3 is 2.92 bits per heavy atom. The van der Waals surface area contributed by atoms with E-state index in [1.807, 2.05) is 6.07 Å². The number of aromatic amines is 1. The lowest BCUT2D eigenvalue weighted by Gasteiger charge is -2.12. The van der Waals surface area contributed by atoms with Crippen LogP contribution in [0.2, 0.25) is 5.15 Å². The van der Waals surface area contributed by atoms with Gasteiger partial charge in [-0.1, -0.05) is 23.7 Å². The molecule has 2 aromatic rings. The van der Waals surface area contributed by atoms with Crippen molar-refractivity contribution in [1.82, 2.24) is 9.97 Å². The fourth-order valence-electron chi connectivity index (χ4n) is 1.98. The maximum Gasteiger partial charge on any atom is 0.341 e. The standard InChI is InChI=1S/C16H12ClN3O4S/c1-23-12-4-2-3-9(14(12)24-8-13(21)22)5-6-11-10(7-18)15(17)20-16(25)19-11/h2-6H,8H2,1H3,(H,21,22)(H,19,20,25)/b6-5+. The predicted molar refractivity (Wildman–Crippen MR) is 94.2 cm³/mol. The van der Waals surface area contributed by atoms with Crippen LogP contribution in [0.4, 0.5) is 0 Å². The fraction of sp³-hybridized carbons (Fsp3) is 0.125. The molecule has 9 heteroatoms. The smallest absolute Gasteiger partial charge is 0.341 e. The lowest BCUT2D eigenvalue weighted by molar-refractivity contribution is -0.139. The van der Waals surface area contributed by atoms with E-state index in [4.69, 9.17) is 38.4 Å². The monoisotopic (exact) mass is 377 g/mol. The lowest BCUT2D eigenvalue weighted by Crippen LogP contribution is -2.10. The number of halogens is 1. The van der Waals surface area contributed by atoms with Crippen LogP contribution in [0.25, 0.3) is 12.2 Å². The Balaban J connectivity index is 2.47. The number of ether oxygens (including phenoxy) is 2. The van der Waals surface area contributed by atoms with Crippen molar-refractivity contribution in [3.05, 3.63) is 44.9 Å². The molecule has 2 rings (SSSR count). The lowest BCUT2D eigenvalue weighted by atomic mass is 10.1. The molecule has 0 radical (unpaired) electrons. The van der Waals surface area contributed by atoms with Crippen molar-refractivity contribution in [1.29, 1.82) is 5.26 Å². The highest BCUT2D eigenvalue weighted by molar-refractivity contribution is 7.71. The van der Waals surface area contributed by atoms with Gasteiger partial charge in [-0.15, -0.1) is 0 Å². The molecule has 2 N–H and O–H groups in total. The maximum atomic E-state index is 10.8. The number of H-pyrrole nitrogens is 1. The molecular formula is C16H12ClN3O4S. The van der Waals surface area contributed by atoms with Crippen LogP contribution in [0.1, 0.15) is 16.8 Å². The summed E-state index contributed by atoms with van der Waals surface area (Å²) in [6, 6.07) is 7.02. The average molecular weight is 378 g/mol. The summed E-state index contributed by atoms with van der Waals surface area (Å²) >= 11 is 10.9. The summed E-state index contributed by atoms with van der Waals surface area (Å²) in [7, 11) is 1.45. The minimum Gasteiger partial charge on any atom is -0.493 e. The number of nitrogens with zero attached hydrogens (tertiary/aromatic N) is 2. The minimum atomic E-state index is -1.11. The summed E-state index contributed by atoms with van der Waals surface area (Å²) in [5.41, 5.74) is 1.07. The summed E-state index contributed by atoms with van der Waals surface area (Å²) in [6.07, 6.45) is 3.20. The van der Waals surface area contributed by atoms with E-state index in [9.17, 15) is 10.1 Å². The Kier molecular flexibility index (Phi) is 6.11. The van der Waals surface area contributed by atoms with Crippen molar-refractivity contribution in [2.45, 2.75) is 0 Å². The second kappa shape index (κ2) is 8.28. The molecule has 0 aliphatic carbocycles. The number of carboxylic acid groups (broad SMARTS) is 1. The molecule has 25 heavy (non-hydrogen) atoms. The summed E-state index contributed by atoms with van der Waals surface area (Å²) in [4.78, 5) is 17.4. The maximum absolute atomic E-state index is 10.8. The number of carbonyl (C=O) groups is 1. The van der Waals surface area contributed by atoms with E-state index in [1.54, 1.807) is 30.4 Å². The first-order valence-corrected chi connectivity index (χ1v) is 7.64. The van der Waals surface area contributed by atoms with Crippen LogP contribution < -0.4 is 9.47 Å². The molecule has 0 unspecified atom stereocenters. The van der Waals surface area contributed by atoms with E-state index in [0.717, 1.165) is 0 Å². The molecule has 0 aliphatic rings. The van der Waals surface area contributed by atoms with Gasteiger partial charge >= 0.3 is 5.97 Å². The van der Waals surface area contributed by atoms with Crippen molar-refractivity contribution in [3.8, 4) is 17.6 Å². The van der Waals surface area contributed by atoms with E-state index < -0.39 is 12.6 Å². The van der Waals surface area contributed by atoms with Gasteiger partial charge in [-0.3, -0.25) is 0 Å². The highest BCUT2D eigenvalue weighted by Gasteiger charge is 2.12. The van der Waals surface area contributed by atoms with Gasteiger partial charge in [0.1, 0.15) is 11.6 Å². The van der Waals surface area contributed by atoms with E-state index >= 15 is 0 Å². The van der Waals surface area contributed by atoms with Crippen LogP contribution in [0, 0.1) is 16.1 Å². The molecule has 1 aromatic carbocycles. The van der Waals surface area contributed by atoms with Crippen molar-refractivity contribution in [2.75, 3.05) is 13.7 Å². The molecular weight excluding hydrogens is 366 g/mol. The largest absolute Gasteiger partial charge is 0.493 e. The summed E-state index contributed by atoms with van der Waals surface area (Å²) in [5.74, 6) is -0.469. The molecule has 0 saturated heterocycles. The number of carboxylic acids is 1. The zero-order valence-electron chi connectivity index (χ0n) is 12.9. The Labute approximate surface area is 153 Å². The predicted octanol–water partition coefficient (Wildman–Crippen LogP) is 3.31. The van der Waals surface area contributed by atoms with Gasteiger partial charge in [-0.25, -0.2) is 9.78 Å². The first-order chi connectivity index (χ1) is 12.0. The van der Waals surface area contributed by atoms with Gasteiger partial charge in [0, 0.05) is 5.56 Å². The van der Waals surface area contributed by atoms with Crippen molar-refractivity contribution < 1.29 is 19.4 Å². The number of nitrogens with one attached hydrogen (secondary N) is 1. The third kappa shape index (κ3) is 4.56. The Morgan fingerprint density at radius 1 is 1.52 bits per heavy atom. The fourth-order valence-corrected chi connectivity index (χ4v) is 2.46. The van der Waals surface area contributed by atoms with Gasteiger partial charge in [-0.05, 0) is 30.4 Å². The molecule has 0 amide bonds. The molecule has 0 aliphatic heterocycles. The quantitative estimate of drug-likeness (QED) is 0.587. The number of hydrogen-bond acceptors (Lipinski definition) is 6. The molecule has 1 aromatic heterocycles. The normalized spacial score (nSPS) is 10.4. The molecule has 0 bridgehead atoms. The summed E-state index contributed by atoms with van der Waals surface area (Å²) in [5, 5.41) is 18.0. The third-order valence-electron chi connectivity index (χ3n) is 3.03. The molecule has 128 valence electrons. The number of benzene rings is 1. The molecule has 0 atom stereocenters. The average Bonchev–Trinajstić information content (AvgIpc) is 2.57. The van der Waals surface area contributed by atoms with Gasteiger partial charge in [0.05, 0.1) is 12.8 Å².